The third-order valence-corrected chi connectivity index (χ3v) is 3.25. The fraction of sp³-hybridized carbons (Fsp3) is 0.455. The maximum absolute atomic E-state index is 11.3. The van der Waals surface area contributed by atoms with Gasteiger partial charge in [0.15, 0.2) is 0 Å². The Labute approximate surface area is 102 Å². The average Bonchev–Trinajstić information content (AvgIpc) is 2.29. The molecule has 1 aliphatic rings. The van der Waals surface area contributed by atoms with Crippen LogP contribution in [0.25, 0.3) is 0 Å². The van der Waals surface area contributed by atoms with Crippen LogP contribution in [0.1, 0.15) is 0 Å². The van der Waals surface area contributed by atoms with Crippen LogP contribution in [-0.4, -0.2) is 40.9 Å². The summed E-state index contributed by atoms with van der Waals surface area (Å²) in [6, 6.07) is 7.49. The molecule has 0 bridgehead atoms. The van der Waals surface area contributed by atoms with E-state index in [4.69, 9.17) is 0 Å². The second-order valence-corrected chi connectivity index (χ2v) is 5.88. The number of anilines is 2. The van der Waals surface area contributed by atoms with E-state index in [1.165, 1.54) is 6.26 Å². The molecule has 17 heavy (non-hydrogen) atoms. The molecule has 0 atom stereocenters. The van der Waals surface area contributed by atoms with Gasteiger partial charge in [0, 0.05) is 26.2 Å². The molecule has 1 saturated heterocycles. The number of nitrogens with zero attached hydrogens (tertiary/aromatic N) is 1. The van der Waals surface area contributed by atoms with Crippen molar-refractivity contribution in [2.75, 3.05) is 42.1 Å². The normalized spacial score (nSPS) is 16.9. The van der Waals surface area contributed by atoms with E-state index in [2.05, 4.69) is 14.9 Å². The summed E-state index contributed by atoms with van der Waals surface area (Å²) in [7, 11) is -3.23. The van der Waals surface area contributed by atoms with E-state index in [0.717, 1.165) is 31.9 Å². The number of rotatable bonds is 3. The first-order chi connectivity index (χ1) is 8.06. The van der Waals surface area contributed by atoms with Gasteiger partial charge >= 0.3 is 0 Å². The van der Waals surface area contributed by atoms with Gasteiger partial charge in [-0.3, -0.25) is 4.72 Å². The van der Waals surface area contributed by atoms with Gasteiger partial charge < -0.3 is 10.2 Å². The highest BCUT2D eigenvalue weighted by Crippen LogP contribution is 2.26. The molecule has 1 heterocycles. The third-order valence-electron chi connectivity index (χ3n) is 2.66. The minimum atomic E-state index is -3.23. The Kier molecular flexibility index (Phi) is 3.54. The van der Waals surface area contributed by atoms with Gasteiger partial charge in [0.25, 0.3) is 0 Å². The van der Waals surface area contributed by atoms with Crippen LogP contribution < -0.4 is 14.9 Å². The first-order valence-corrected chi connectivity index (χ1v) is 7.48. The largest absolute Gasteiger partial charge is 0.367 e. The average molecular weight is 255 g/mol. The van der Waals surface area contributed by atoms with Crippen LogP contribution in [0.2, 0.25) is 0 Å². The van der Waals surface area contributed by atoms with Crippen molar-refractivity contribution in [1.29, 1.82) is 0 Å². The Morgan fingerprint density at radius 3 is 2.53 bits per heavy atom. The Morgan fingerprint density at radius 2 is 1.88 bits per heavy atom. The summed E-state index contributed by atoms with van der Waals surface area (Å²) in [5, 5.41) is 3.27. The number of sulfonamides is 1. The summed E-state index contributed by atoms with van der Waals surface area (Å²) in [6.45, 7) is 3.63. The zero-order valence-corrected chi connectivity index (χ0v) is 10.6. The number of nitrogens with one attached hydrogen (secondary N) is 2. The molecule has 1 fully saturated rings. The van der Waals surface area contributed by atoms with Crippen molar-refractivity contribution in [2.24, 2.45) is 0 Å². The quantitative estimate of drug-likeness (QED) is 0.824. The predicted molar refractivity (Wildman–Crippen MR) is 70.0 cm³/mol. The summed E-state index contributed by atoms with van der Waals surface area (Å²) in [4.78, 5) is 2.18. The number of hydrogen-bond acceptors (Lipinski definition) is 4. The molecule has 0 saturated carbocycles. The van der Waals surface area contributed by atoms with E-state index in [-0.39, 0.29) is 0 Å². The molecule has 1 aromatic carbocycles. The van der Waals surface area contributed by atoms with Crippen molar-refractivity contribution in [3.8, 4) is 0 Å². The highest BCUT2D eigenvalue weighted by Gasteiger charge is 2.15. The third kappa shape index (κ3) is 3.34. The van der Waals surface area contributed by atoms with Crippen LogP contribution in [0.5, 0.6) is 0 Å². The maximum atomic E-state index is 11.3. The van der Waals surface area contributed by atoms with Gasteiger partial charge in [-0.1, -0.05) is 12.1 Å². The van der Waals surface area contributed by atoms with Crippen LogP contribution >= 0.6 is 0 Å². The number of piperazine rings is 1. The standard InChI is InChI=1S/C11H17N3O2S/c1-17(15,16)13-10-4-2-3-5-11(10)14-8-6-12-7-9-14/h2-5,12-13H,6-9H2,1H3. The fourth-order valence-electron chi connectivity index (χ4n) is 1.94. The van der Waals surface area contributed by atoms with E-state index >= 15 is 0 Å². The minimum absolute atomic E-state index is 0.650. The Balaban J connectivity index is 2.26. The monoisotopic (exact) mass is 255 g/mol. The lowest BCUT2D eigenvalue weighted by Gasteiger charge is -2.31. The van der Waals surface area contributed by atoms with Crippen LogP contribution in [0.15, 0.2) is 24.3 Å². The molecular weight excluding hydrogens is 238 g/mol. The van der Waals surface area contributed by atoms with Crippen LogP contribution in [-0.2, 0) is 10.0 Å². The summed E-state index contributed by atoms with van der Waals surface area (Å²) in [5.41, 5.74) is 1.59. The van der Waals surface area contributed by atoms with E-state index in [1.54, 1.807) is 6.07 Å². The second-order valence-electron chi connectivity index (χ2n) is 4.13. The Bertz CT molecular complexity index is 481. The lowest BCUT2D eigenvalue weighted by Crippen LogP contribution is -2.43. The van der Waals surface area contributed by atoms with Crippen molar-refractivity contribution in [3.05, 3.63) is 24.3 Å². The van der Waals surface area contributed by atoms with Gasteiger partial charge in [-0.05, 0) is 12.1 Å². The molecule has 2 N–H and O–H groups in total. The molecule has 0 unspecified atom stereocenters. The Hall–Kier alpha value is -1.27. The molecule has 1 aromatic rings. The van der Waals surface area contributed by atoms with Gasteiger partial charge in [0.2, 0.25) is 10.0 Å². The first-order valence-electron chi connectivity index (χ1n) is 5.59. The van der Waals surface area contributed by atoms with Crippen molar-refractivity contribution < 1.29 is 8.42 Å². The molecule has 1 aliphatic heterocycles. The lowest BCUT2D eigenvalue weighted by atomic mass is 10.2. The van der Waals surface area contributed by atoms with Crippen molar-refractivity contribution in [2.45, 2.75) is 0 Å². The van der Waals surface area contributed by atoms with E-state index in [0.29, 0.717) is 5.69 Å². The second kappa shape index (κ2) is 4.93. The van der Waals surface area contributed by atoms with E-state index in [1.807, 2.05) is 18.2 Å². The Morgan fingerprint density at radius 1 is 1.24 bits per heavy atom. The van der Waals surface area contributed by atoms with E-state index in [9.17, 15) is 8.42 Å². The number of benzene rings is 1. The summed E-state index contributed by atoms with van der Waals surface area (Å²) in [6.07, 6.45) is 1.17. The molecule has 0 aliphatic carbocycles. The van der Waals surface area contributed by atoms with E-state index < -0.39 is 10.0 Å². The molecule has 0 amide bonds. The molecule has 5 nitrogen and oxygen atoms in total. The topological polar surface area (TPSA) is 61.4 Å². The SMILES string of the molecule is CS(=O)(=O)Nc1ccccc1N1CCNCC1. The molecule has 2 rings (SSSR count). The minimum Gasteiger partial charge on any atom is -0.367 e. The summed E-state index contributed by atoms with van der Waals surface area (Å²) in [5.74, 6) is 0. The summed E-state index contributed by atoms with van der Waals surface area (Å²) >= 11 is 0. The summed E-state index contributed by atoms with van der Waals surface area (Å²) < 4.78 is 25.1. The molecule has 0 radical (unpaired) electrons. The molecular formula is C11H17N3O2S. The van der Waals surface area contributed by atoms with Gasteiger partial charge in [-0.15, -0.1) is 0 Å². The molecule has 0 aromatic heterocycles. The van der Waals surface area contributed by atoms with Gasteiger partial charge in [-0.25, -0.2) is 8.42 Å². The van der Waals surface area contributed by atoms with Crippen LogP contribution in [0.4, 0.5) is 11.4 Å². The van der Waals surface area contributed by atoms with Gasteiger partial charge in [0.05, 0.1) is 17.6 Å². The smallest absolute Gasteiger partial charge is 0.229 e. The first kappa shape index (κ1) is 12.2. The number of para-hydroxylation sites is 2. The highest BCUT2D eigenvalue weighted by atomic mass is 32.2. The van der Waals surface area contributed by atoms with Crippen molar-refractivity contribution in [3.63, 3.8) is 0 Å². The fourth-order valence-corrected chi connectivity index (χ4v) is 2.51. The zero-order valence-electron chi connectivity index (χ0n) is 9.81. The predicted octanol–water partition coefficient (Wildman–Crippen LogP) is 0.468. The van der Waals surface area contributed by atoms with Crippen LogP contribution in [0, 0.1) is 0 Å². The molecule has 0 spiro atoms. The lowest BCUT2D eigenvalue weighted by molar-refractivity contribution is 0.589. The molecule has 6 heteroatoms. The van der Waals surface area contributed by atoms with Crippen molar-refractivity contribution in [1.82, 2.24) is 5.32 Å². The van der Waals surface area contributed by atoms with Crippen LogP contribution in [0.3, 0.4) is 0 Å². The number of hydrogen-bond donors (Lipinski definition) is 2. The highest BCUT2D eigenvalue weighted by molar-refractivity contribution is 7.92. The van der Waals surface area contributed by atoms with Crippen molar-refractivity contribution >= 4 is 21.4 Å². The zero-order chi connectivity index (χ0) is 12.3. The molecule has 94 valence electrons. The van der Waals surface area contributed by atoms with Gasteiger partial charge in [-0.2, -0.15) is 0 Å². The maximum Gasteiger partial charge on any atom is 0.229 e. The van der Waals surface area contributed by atoms with Gasteiger partial charge in [0.1, 0.15) is 0 Å².